The molecule has 90 valence electrons. The maximum absolute atomic E-state index is 13.5. The van der Waals surface area contributed by atoms with Gasteiger partial charge in [0.25, 0.3) is 0 Å². The molecule has 1 aromatic rings. The van der Waals surface area contributed by atoms with Gasteiger partial charge in [0, 0.05) is 5.56 Å². The number of aliphatic hydroxyl groups is 1. The minimum absolute atomic E-state index is 0.339. The summed E-state index contributed by atoms with van der Waals surface area (Å²) in [6, 6.07) is 4.17. The molecule has 0 radical (unpaired) electrons. The molecule has 0 saturated heterocycles. The van der Waals surface area contributed by atoms with Gasteiger partial charge in [-0.1, -0.05) is 37.5 Å². The molecule has 0 aromatic heterocycles. The Hall–Kier alpha value is -0.930. The van der Waals surface area contributed by atoms with Gasteiger partial charge in [-0.3, -0.25) is 0 Å². The number of nitrogens with two attached hydrogens (primary N) is 1. The highest BCUT2D eigenvalue weighted by Gasteiger charge is 2.19. The Morgan fingerprint density at radius 3 is 2.75 bits per heavy atom. The lowest BCUT2D eigenvalue weighted by Crippen LogP contribution is -2.27. The Morgan fingerprint density at radius 1 is 1.44 bits per heavy atom. The van der Waals surface area contributed by atoms with Gasteiger partial charge in [0.05, 0.1) is 12.1 Å². The van der Waals surface area contributed by atoms with Crippen molar-refractivity contribution in [2.75, 3.05) is 0 Å². The number of rotatable bonds is 5. The number of benzene rings is 1. The topological polar surface area (TPSA) is 46.2 Å². The number of hydrogen-bond donors (Lipinski definition) is 2. The molecule has 2 atom stereocenters. The van der Waals surface area contributed by atoms with Gasteiger partial charge in [0.1, 0.15) is 5.82 Å². The Labute approximate surface area is 96.3 Å². The average Bonchev–Trinajstić information content (AvgIpc) is 2.28. The van der Waals surface area contributed by atoms with Gasteiger partial charge in [-0.05, 0) is 19.4 Å². The monoisotopic (exact) mass is 225 g/mol. The second-order valence-corrected chi connectivity index (χ2v) is 4.26. The second-order valence-electron chi connectivity index (χ2n) is 4.26. The molecule has 3 heteroatoms. The van der Waals surface area contributed by atoms with Crippen molar-refractivity contribution in [2.24, 2.45) is 5.73 Å². The smallest absolute Gasteiger partial charge is 0.128 e. The van der Waals surface area contributed by atoms with E-state index in [9.17, 15) is 9.50 Å². The standard InChI is InChI=1S/C13H20FNO/c1-3-4-5-12(16)13(15)10-8-9(2)6-7-11(10)14/h6-8,12-13,16H,3-5,15H2,1-2H3/t12-,13+/m1/s1. The fourth-order valence-electron chi connectivity index (χ4n) is 1.72. The zero-order chi connectivity index (χ0) is 12.1. The highest BCUT2D eigenvalue weighted by molar-refractivity contribution is 5.27. The molecule has 1 aromatic carbocycles. The van der Waals surface area contributed by atoms with Crippen LogP contribution in [0.5, 0.6) is 0 Å². The molecule has 0 unspecified atom stereocenters. The number of hydrogen-bond acceptors (Lipinski definition) is 2. The molecule has 0 bridgehead atoms. The zero-order valence-electron chi connectivity index (χ0n) is 9.91. The van der Waals surface area contributed by atoms with Crippen molar-refractivity contribution in [3.8, 4) is 0 Å². The molecule has 0 aliphatic rings. The van der Waals surface area contributed by atoms with Crippen molar-refractivity contribution in [3.05, 3.63) is 35.1 Å². The first-order valence-corrected chi connectivity index (χ1v) is 5.76. The van der Waals surface area contributed by atoms with Crippen molar-refractivity contribution in [1.82, 2.24) is 0 Å². The van der Waals surface area contributed by atoms with E-state index in [0.717, 1.165) is 18.4 Å². The quantitative estimate of drug-likeness (QED) is 0.809. The van der Waals surface area contributed by atoms with Crippen LogP contribution in [0.15, 0.2) is 18.2 Å². The third-order valence-corrected chi connectivity index (χ3v) is 2.78. The van der Waals surface area contributed by atoms with E-state index in [4.69, 9.17) is 5.73 Å². The molecular weight excluding hydrogens is 205 g/mol. The first kappa shape index (κ1) is 13.1. The Morgan fingerprint density at radius 2 is 2.12 bits per heavy atom. The summed E-state index contributed by atoms with van der Waals surface area (Å²) >= 11 is 0. The molecule has 3 N–H and O–H groups in total. The number of unbranched alkanes of at least 4 members (excludes halogenated alkanes) is 1. The lowest BCUT2D eigenvalue weighted by atomic mass is 9.97. The van der Waals surface area contributed by atoms with Crippen LogP contribution in [0.3, 0.4) is 0 Å². The van der Waals surface area contributed by atoms with Crippen molar-refractivity contribution >= 4 is 0 Å². The van der Waals surface area contributed by atoms with Gasteiger partial charge >= 0.3 is 0 Å². The van der Waals surface area contributed by atoms with Gasteiger partial charge in [-0.15, -0.1) is 0 Å². The lowest BCUT2D eigenvalue weighted by molar-refractivity contribution is 0.131. The number of halogens is 1. The summed E-state index contributed by atoms with van der Waals surface area (Å²) in [7, 11) is 0. The molecule has 0 saturated carbocycles. The van der Waals surface area contributed by atoms with E-state index in [1.54, 1.807) is 12.1 Å². The summed E-state index contributed by atoms with van der Waals surface area (Å²) in [6.07, 6.45) is 1.85. The summed E-state index contributed by atoms with van der Waals surface area (Å²) in [5.74, 6) is -0.339. The van der Waals surface area contributed by atoms with E-state index >= 15 is 0 Å². The highest BCUT2D eigenvalue weighted by atomic mass is 19.1. The minimum Gasteiger partial charge on any atom is -0.391 e. The number of aliphatic hydroxyl groups excluding tert-OH is 1. The fourth-order valence-corrected chi connectivity index (χ4v) is 1.72. The summed E-state index contributed by atoms with van der Waals surface area (Å²) in [6.45, 7) is 3.93. The molecule has 0 aliphatic carbocycles. The molecule has 0 amide bonds. The van der Waals surface area contributed by atoms with Crippen LogP contribution in [0, 0.1) is 12.7 Å². The van der Waals surface area contributed by atoms with E-state index < -0.39 is 12.1 Å². The van der Waals surface area contributed by atoms with Crippen LogP contribution in [0.4, 0.5) is 4.39 Å². The molecule has 16 heavy (non-hydrogen) atoms. The van der Waals surface area contributed by atoms with Crippen LogP contribution >= 0.6 is 0 Å². The molecule has 0 fully saturated rings. The summed E-state index contributed by atoms with van der Waals surface area (Å²) < 4.78 is 13.5. The summed E-state index contributed by atoms with van der Waals surface area (Å²) in [4.78, 5) is 0. The predicted octanol–water partition coefficient (Wildman–Crippen LogP) is 2.69. The lowest BCUT2D eigenvalue weighted by Gasteiger charge is -2.19. The first-order chi connectivity index (χ1) is 7.56. The van der Waals surface area contributed by atoms with Crippen molar-refractivity contribution < 1.29 is 9.50 Å². The van der Waals surface area contributed by atoms with Gasteiger partial charge in [-0.25, -0.2) is 4.39 Å². The molecule has 0 aliphatic heterocycles. The van der Waals surface area contributed by atoms with Gasteiger partial charge in [0.2, 0.25) is 0 Å². The summed E-state index contributed by atoms with van der Waals surface area (Å²) in [5.41, 5.74) is 7.22. The Kier molecular flexibility index (Phi) is 4.90. The van der Waals surface area contributed by atoms with E-state index in [-0.39, 0.29) is 5.82 Å². The molecular formula is C13H20FNO. The van der Waals surface area contributed by atoms with Crippen molar-refractivity contribution in [3.63, 3.8) is 0 Å². The van der Waals surface area contributed by atoms with E-state index in [2.05, 4.69) is 0 Å². The van der Waals surface area contributed by atoms with Crippen LogP contribution < -0.4 is 5.73 Å². The van der Waals surface area contributed by atoms with E-state index in [1.807, 2.05) is 13.8 Å². The zero-order valence-corrected chi connectivity index (χ0v) is 9.91. The third kappa shape index (κ3) is 3.29. The van der Waals surface area contributed by atoms with Crippen molar-refractivity contribution in [2.45, 2.75) is 45.3 Å². The van der Waals surface area contributed by atoms with Crippen molar-refractivity contribution in [1.29, 1.82) is 0 Å². The SMILES string of the molecule is CCCC[C@@H](O)[C@@H](N)c1cc(C)ccc1F. The van der Waals surface area contributed by atoms with Crippen LogP contribution in [0.25, 0.3) is 0 Å². The Bertz CT molecular complexity index is 341. The maximum Gasteiger partial charge on any atom is 0.128 e. The highest BCUT2D eigenvalue weighted by Crippen LogP contribution is 2.22. The third-order valence-electron chi connectivity index (χ3n) is 2.78. The molecule has 0 spiro atoms. The van der Waals surface area contributed by atoms with Gasteiger partial charge in [-0.2, -0.15) is 0 Å². The van der Waals surface area contributed by atoms with E-state index in [0.29, 0.717) is 12.0 Å². The van der Waals surface area contributed by atoms with E-state index in [1.165, 1.54) is 6.07 Å². The number of aryl methyl sites for hydroxylation is 1. The minimum atomic E-state index is -0.670. The molecule has 0 heterocycles. The molecule has 1 rings (SSSR count). The molecule has 2 nitrogen and oxygen atoms in total. The van der Waals surface area contributed by atoms with Gasteiger partial charge in [0.15, 0.2) is 0 Å². The average molecular weight is 225 g/mol. The van der Waals surface area contributed by atoms with Gasteiger partial charge < -0.3 is 10.8 Å². The first-order valence-electron chi connectivity index (χ1n) is 5.76. The van der Waals surface area contributed by atoms with Crippen LogP contribution in [0.2, 0.25) is 0 Å². The largest absolute Gasteiger partial charge is 0.391 e. The maximum atomic E-state index is 13.5. The summed E-state index contributed by atoms with van der Waals surface area (Å²) in [5, 5.41) is 9.83. The van der Waals surface area contributed by atoms with Crippen LogP contribution in [-0.4, -0.2) is 11.2 Å². The van der Waals surface area contributed by atoms with Crippen LogP contribution in [-0.2, 0) is 0 Å². The van der Waals surface area contributed by atoms with Crippen LogP contribution in [0.1, 0.15) is 43.4 Å². The normalized spacial score (nSPS) is 14.8. The fraction of sp³-hybridized carbons (Fsp3) is 0.538. The second kappa shape index (κ2) is 5.97. The Balaban J connectivity index is 2.78. The predicted molar refractivity (Wildman–Crippen MR) is 63.6 cm³/mol.